The highest BCUT2D eigenvalue weighted by molar-refractivity contribution is 9.10. The first-order valence-electron chi connectivity index (χ1n) is 6.18. The van der Waals surface area contributed by atoms with Crippen LogP contribution in [0.4, 0.5) is 4.39 Å². The van der Waals surface area contributed by atoms with E-state index in [-0.39, 0.29) is 10.8 Å². The van der Waals surface area contributed by atoms with Crippen molar-refractivity contribution in [2.45, 2.75) is 18.5 Å². The Kier molecular flexibility index (Phi) is 4.55. The Morgan fingerprint density at radius 3 is 2.43 bits per heavy atom. The van der Waals surface area contributed by atoms with Crippen molar-refractivity contribution >= 4 is 25.8 Å². The van der Waals surface area contributed by atoms with Gasteiger partial charge in [0.1, 0.15) is 10.8 Å². The molecule has 0 aliphatic rings. The summed E-state index contributed by atoms with van der Waals surface area (Å²) in [4.78, 5) is 0. The monoisotopic (exact) mass is 369 g/mol. The lowest BCUT2D eigenvalue weighted by atomic mass is 10.2. The Balaban J connectivity index is 2.39. The molecular formula is C15H13BrFNO2S. The molecule has 0 bridgehead atoms. The summed E-state index contributed by atoms with van der Waals surface area (Å²) in [5.74, 6) is 5.44. The van der Waals surface area contributed by atoms with Crippen LogP contribution >= 0.6 is 15.9 Å². The molecule has 0 unspecified atom stereocenters. The average molecular weight is 370 g/mol. The van der Waals surface area contributed by atoms with E-state index in [2.05, 4.69) is 27.8 Å². The van der Waals surface area contributed by atoms with Crippen LogP contribution in [-0.2, 0) is 16.4 Å². The summed E-state index contributed by atoms with van der Waals surface area (Å²) >= 11 is 3.10. The van der Waals surface area contributed by atoms with Gasteiger partial charge in [-0.3, -0.25) is 0 Å². The number of hydrogen-bond acceptors (Lipinski definition) is 2. The molecule has 1 aromatic heterocycles. The minimum absolute atomic E-state index is 0.245. The van der Waals surface area contributed by atoms with Gasteiger partial charge in [-0.2, -0.15) is 0 Å². The molecular weight excluding hydrogens is 357 g/mol. The maximum Gasteiger partial charge on any atom is 0.190 e. The van der Waals surface area contributed by atoms with E-state index in [9.17, 15) is 12.8 Å². The van der Waals surface area contributed by atoms with Crippen molar-refractivity contribution in [1.29, 1.82) is 0 Å². The van der Waals surface area contributed by atoms with Crippen molar-refractivity contribution in [2.75, 3.05) is 6.26 Å². The van der Waals surface area contributed by atoms with Crippen molar-refractivity contribution in [3.05, 3.63) is 51.9 Å². The molecule has 1 heterocycles. The van der Waals surface area contributed by atoms with Crippen molar-refractivity contribution < 1.29 is 12.8 Å². The number of rotatable bonds is 2. The van der Waals surface area contributed by atoms with Crippen LogP contribution in [0.2, 0.25) is 0 Å². The Bertz CT molecular complexity index is 844. The Morgan fingerprint density at radius 2 is 1.90 bits per heavy atom. The number of aromatic nitrogens is 1. The molecule has 3 nitrogen and oxygen atoms in total. The molecule has 0 fully saturated rings. The third kappa shape index (κ3) is 3.74. The third-order valence-electron chi connectivity index (χ3n) is 2.85. The molecule has 0 atom stereocenters. The highest BCUT2D eigenvalue weighted by Crippen LogP contribution is 2.17. The van der Waals surface area contributed by atoms with E-state index in [4.69, 9.17) is 0 Å². The quantitative estimate of drug-likeness (QED) is 0.762. The van der Waals surface area contributed by atoms with E-state index < -0.39 is 9.84 Å². The van der Waals surface area contributed by atoms with E-state index in [1.54, 1.807) is 29.0 Å². The number of sulfone groups is 1. The summed E-state index contributed by atoms with van der Waals surface area (Å²) in [7, 11) is -3.28. The molecule has 21 heavy (non-hydrogen) atoms. The summed E-state index contributed by atoms with van der Waals surface area (Å²) in [6.07, 6.45) is 2.87. The second-order valence-corrected chi connectivity index (χ2v) is 7.32. The zero-order valence-corrected chi connectivity index (χ0v) is 13.9. The smallest absolute Gasteiger partial charge is 0.190 e. The summed E-state index contributed by atoms with van der Waals surface area (Å²) in [6, 6.07) is 6.02. The summed E-state index contributed by atoms with van der Waals surface area (Å²) in [6.45, 7) is 2.41. The van der Waals surface area contributed by atoms with Crippen LogP contribution in [0.25, 0.3) is 0 Å². The molecule has 0 spiro atoms. The topological polar surface area (TPSA) is 39.1 Å². The summed E-state index contributed by atoms with van der Waals surface area (Å²) < 4.78 is 38.4. The predicted molar refractivity (Wildman–Crippen MR) is 83.3 cm³/mol. The van der Waals surface area contributed by atoms with Gasteiger partial charge >= 0.3 is 0 Å². The molecule has 0 saturated carbocycles. The summed E-state index contributed by atoms with van der Waals surface area (Å²) in [5.41, 5.74) is 1.26. The van der Waals surface area contributed by atoms with Gasteiger partial charge in [0.15, 0.2) is 9.84 Å². The third-order valence-corrected chi connectivity index (χ3v) is 4.57. The number of nitrogens with zero attached hydrogens (tertiary/aromatic N) is 1. The lowest BCUT2D eigenvalue weighted by molar-refractivity contribution is 0.584. The molecule has 0 aliphatic heterocycles. The van der Waals surface area contributed by atoms with Gasteiger partial charge < -0.3 is 4.57 Å². The maximum atomic E-state index is 13.1. The van der Waals surface area contributed by atoms with Crippen LogP contribution in [-0.4, -0.2) is 19.2 Å². The molecule has 1 aromatic carbocycles. The lowest BCUT2D eigenvalue weighted by Crippen LogP contribution is -2.05. The standard InChI is InChI=1S/C15H13BrFNO2S/c1-3-18-10-12(9-15(18)21(2,19)20)5-4-11-6-7-14(17)13(16)8-11/h6-10H,3H2,1-2H3. The first kappa shape index (κ1) is 15.8. The normalized spacial score (nSPS) is 11.0. The Morgan fingerprint density at radius 1 is 1.24 bits per heavy atom. The molecule has 0 radical (unpaired) electrons. The zero-order chi connectivity index (χ0) is 15.6. The maximum absolute atomic E-state index is 13.1. The van der Waals surface area contributed by atoms with Crippen molar-refractivity contribution in [2.24, 2.45) is 0 Å². The first-order chi connectivity index (χ1) is 9.81. The van der Waals surface area contributed by atoms with Crippen LogP contribution in [0.15, 0.2) is 40.0 Å². The van der Waals surface area contributed by atoms with E-state index in [1.807, 2.05) is 6.92 Å². The minimum Gasteiger partial charge on any atom is -0.338 e. The second-order valence-electron chi connectivity index (χ2n) is 4.50. The van der Waals surface area contributed by atoms with Crippen molar-refractivity contribution in [1.82, 2.24) is 4.57 Å². The fourth-order valence-corrected chi connectivity index (χ4v) is 3.17. The second kappa shape index (κ2) is 6.04. The van der Waals surface area contributed by atoms with Gasteiger partial charge in [-0.25, -0.2) is 12.8 Å². The Hall–Kier alpha value is -1.58. The fourth-order valence-electron chi connectivity index (χ4n) is 1.84. The van der Waals surface area contributed by atoms with Crippen LogP contribution in [0.3, 0.4) is 0 Å². The van der Waals surface area contributed by atoms with E-state index in [0.717, 1.165) is 0 Å². The summed E-state index contributed by atoms with van der Waals surface area (Å²) in [5, 5.41) is 0.245. The molecule has 2 aromatic rings. The van der Waals surface area contributed by atoms with Gasteiger partial charge in [0.25, 0.3) is 0 Å². The predicted octanol–water partition coefficient (Wildman–Crippen LogP) is 3.21. The van der Waals surface area contributed by atoms with Gasteiger partial charge in [-0.1, -0.05) is 11.8 Å². The molecule has 6 heteroatoms. The molecule has 110 valence electrons. The van der Waals surface area contributed by atoms with Gasteiger partial charge in [-0.15, -0.1) is 0 Å². The van der Waals surface area contributed by atoms with E-state index >= 15 is 0 Å². The van der Waals surface area contributed by atoms with Gasteiger partial charge in [0.2, 0.25) is 0 Å². The molecule has 0 saturated heterocycles. The van der Waals surface area contributed by atoms with Crippen LogP contribution in [0.5, 0.6) is 0 Å². The van der Waals surface area contributed by atoms with Crippen LogP contribution in [0, 0.1) is 17.7 Å². The van der Waals surface area contributed by atoms with Gasteiger partial charge in [0, 0.05) is 30.1 Å². The van der Waals surface area contributed by atoms with E-state index in [0.29, 0.717) is 22.1 Å². The van der Waals surface area contributed by atoms with Crippen molar-refractivity contribution in [3.8, 4) is 11.8 Å². The molecule has 0 aliphatic carbocycles. The molecule has 0 N–H and O–H groups in total. The highest BCUT2D eigenvalue weighted by atomic mass is 79.9. The highest BCUT2D eigenvalue weighted by Gasteiger charge is 2.13. The number of hydrogen-bond donors (Lipinski definition) is 0. The fraction of sp³-hybridized carbons (Fsp3) is 0.200. The first-order valence-corrected chi connectivity index (χ1v) is 8.87. The lowest BCUT2D eigenvalue weighted by Gasteiger charge is -2.02. The number of aryl methyl sites for hydroxylation is 1. The number of benzene rings is 1. The SMILES string of the molecule is CCn1cc(C#Cc2ccc(F)c(Br)c2)cc1S(C)(=O)=O. The van der Waals surface area contributed by atoms with Gasteiger partial charge in [0.05, 0.1) is 4.47 Å². The van der Waals surface area contributed by atoms with Crippen molar-refractivity contribution in [3.63, 3.8) is 0 Å². The minimum atomic E-state index is -3.28. The zero-order valence-electron chi connectivity index (χ0n) is 11.5. The molecule has 2 rings (SSSR count). The Labute approximate surface area is 131 Å². The van der Waals surface area contributed by atoms with Crippen LogP contribution < -0.4 is 0 Å². The van der Waals surface area contributed by atoms with Crippen LogP contribution in [0.1, 0.15) is 18.1 Å². The largest absolute Gasteiger partial charge is 0.338 e. The number of halogens is 2. The average Bonchev–Trinajstić information content (AvgIpc) is 2.83. The molecule has 0 amide bonds. The van der Waals surface area contributed by atoms with E-state index in [1.165, 1.54) is 12.3 Å². The van der Waals surface area contributed by atoms with Gasteiger partial charge in [-0.05, 0) is 47.1 Å².